The van der Waals surface area contributed by atoms with Gasteiger partial charge in [0.2, 0.25) is 0 Å². The van der Waals surface area contributed by atoms with Crippen LogP contribution in [-0.2, 0) is 4.74 Å². The van der Waals surface area contributed by atoms with Gasteiger partial charge in [0.15, 0.2) is 0 Å². The van der Waals surface area contributed by atoms with Crippen molar-refractivity contribution in [1.82, 2.24) is 0 Å². The third kappa shape index (κ3) is 3.43. The van der Waals surface area contributed by atoms with Gasteiger partial charge in [0.25, 0.3) is 0 Å². The first-order valence-electron chi connectivity index (χ1n) is 9.10. The van der Waals surface area contributed by atoms with Crippen molar-refractivity contribution in [2.24, 2.45) is 0 Å². The summed E-state index contributed by atoms with van der Waals surface area (Å²) in [6.07, 6.45) is -0.685. The first-order valence-corrected chi connectivity index (χ1v) is 9.98. The van der Waals surface area contributed by atoms with Crippen molar-refractivity contribution in [3.05, 3.63) is 82.1 Å². The Kier molecular flexibility index (Phi) is 4.94. The molecule has 0 saturated carbocycles. The van der Waals surface area contributed by atoms with Gasteiger partial charge in [0, 0.05) is 16.9 Å². The summed E-state index contributed by atoms with van der Waals surface area (Å²) in [4.78, 5) is 24.0. The molecule has 1 amide bonds. The fourth-order valence-corrected chi connectivity index (χ4v) is 4.62. The molecule has 5 nitrogen and oxygen atoms in total. The molecule has 0 bridgehead atoms. The number of carboxylic acid groups (broad SMARTS) is 1. The van der Waals surface area contributed by atoms with E-state index in [1.54, 1.807) is 12.3 Å². The summed E-state index contributed by atoms with van der Waals surface area (Å²) in [5.74, 6) is -1.16. The molecule has 4 rings (SSSR count). The zero-order chi connectivity index (χ0) is 20.5. The highest BCUT2D eigenvalue weighted by atomic mass is 32.1. The zero-order valence-electron chi connectivity index (χ0n) is 15.8. The molecule has 3 aromatic rings. The van der Waals surface area contributed by atoms with Gasteiger partial charge in [0.05, 0.1) is 5.69 Å². The lowest BCUT2D eigenvalue weighted by Gasteiger charge is -2.15. The van der Waals surface area contributed by atoms with Crippen LogP contribution in [0.2, 0.25) is 0 Å². The van der Waals surface area contributed by atoms with E-state index in [9.17, 15) is 14.7 Å². The molecule has 0 aliphatic heterocycles. The van der Waals surface area contributed by atoms with Crippen LogP contribution < -0.4 is 5.32 Å². The molecule has 1 aliphatic carbocycles. The van der Waals surface area contributed by atoms with Gasteiger partial charge in [0.1, 0.15) is 11.5 Å². The molecule has 0 fully saturated rings. The third-order valence-electron chi connectivity index (χ3n) is 5.02. The molecule has 146 valence electrons. The summed E-state index contributed by atoms with van der Waals surface area (Å²) in [5, 5.41) is 13.7. The Morgan fingerprint density at radius 1 is 1.10 bits per heavy atom. The summed E-state index contributed by atoms with van der Waals surface area (Å²) in [5.41, 5.74) is 6.02. The number of anilines is 1. The summed E-state index contributed by atoms with van der Waals surface area (Å²) in [7, 11) is 0. The average molecular weight is 405 g/mol. The summed E-state index contributed by atoms with van der Waals surface area (Å²) in [6, 6.07) is 16.2. The Bertz CT molecular complexity index is 1050. The lowest BCUT2D eigenvalue weighted by atomic mass is 9.98. The number of hydrogen-bond acceptors (Lipinski definition) is 4. The topological polar surface area (TPSA) is 75.6 Å². The smallest absolute Gasteiger partial charge is 0.411 e. The van der Waals surface area contributed by atoms with E-state index in [1.165, 1.54) is 0 Å². The molecule has 1 aromatic heterocycles. The zero-order valence-corrected chi connectivity index (χ0v) is 16.6. The van der Waals surface area contributed by atoms with Crippen LogP contribution >= 0.6 is 11.3 Å². The minimum absolute atomic E-state index is 0.0523. The van der Waals surface area contributed by atoms with E-state index in [1.807, 2.05) is 36.4 Å². The van der Waals surface area contributed by atoms with Crippen LogP contribution in [0.1, 0.15) is 39.2 Å². The second-order valence-electron chi connectivity index (χ2n) is 6.89. The number of fused-ring (bicyclic) bond motifs is 3. The minimum Gasteiger partial charge on any atom is -0.477 e. The molecule has 0 atom stereocenters. The number of aromatic carboxylic acids is 1. The predicted molar refractivity (Wildman–Crippen MR) is 115 cm³/mol. The fourth-order valence-electron chi connectivity index (χ4n) is 3.69. The van der Waals surface area contributed by atoms with Crippen LogP contribution in [0.5, 0.6) is 0 Å². The molecule has 2 aromatic carbocycles. The van der Waals surface area contributed by atoms with Gasteiger partial charge in [-0.3, -0.25) is 5.32 Å². The Labute approximate surface area is 172 Å². The molecule has 6 heteroatoms. The molecular formula is C23H19NO4S. The van der Waals surface area contributed by atoms with E-state index >= 15 is 0 Å². The van der Waals surface area contributed by atoms with Crippen LogP contribution in [0.3, 0.4) is 0 Å². The van der Waals surface area contributed by atoms with E-state index in [-0.39, 0.29) is 23.1 Å². The Balaban J connectivity index is 1.54. The maximum atomic E-state index is 12.5. The van der Waals surface area contributed by atoms with E-state index in [4.69, 9.17) is 4.74 Å². The number of benzene rings is 2. The molecule has 1 aliphatic rings. The van der Waals surface area contributed by atoms with Gasteiger partial charge >= 0.3 is 12.1 Å². The minimum atomic E-state index is -1.10. The molecule has 29 heavy (non-hydrogen) atoms. The highest BCUT2D eigenvalue weighted by Crippen LogP contribution is 2.44. The molecule has 1 heterocycles. The summed E-state index contributed by atoms with van der Waals surface area (Å²) >= 11 is 1.05. The van der Waals surface area contributed by atoms with Gasteiger partial charge in [-0.25, -0.2) is 9.59 Å². The SMILES string of the molecule is C=C(C)c1csc(C(=O)O)c1NC(=O)OCC1c2ccccc2-c2ccccc21. The molecule has 0 spiro atoms. The fraction of sp³-hybridized carbons (Fsp3) is 0.130. The number of nitrogens with one attached hydrogen (secondary N) is 1. The van der Waals surface area contributed by atoms with Crippen LogP contribution in [0, 0.1) is 0 Å². The lowest BCUT2D eigenvalue weighted by molar-refractivity contribution is 0.0703. The predicted octanol–water partition coefficient (Wildman–Crippen LogP) is 5.84. The quantitative estimate of drug-likeness (QED) is 0.559. The first kappa shape index (κ1) is 19.0. The molecule has 0 saturated heterocycles. The number of allylic oxidation sites excluding steroid dienone is 1. The van der Waals surface area contributed by atoms with Crippen LogP contribution in [-0.4, -0.2) is 23.8 Å². The number of carbonyl (C=O) groups is 2. The van der Waals surface area contributed by atoms with E-state index in [2.05, 4.69) is 24.0 Å². The second-order valence-corrected chi connectivity index (χ2v) is 7.77. The Morgan fingerprint density at radius 3 is 2.24 bits per heavy atom. The van der Waals surface area contributed by atoms with Gasteiger partial charge in [-0.05, 0) is 34.8 Å². The number of thiophene rings is 1. The molecule has 0 radical (unpaired) electrons. The van der Waals surface area contributed by atoms with Gasteiger partial charge in [-0.2, -0.15) is 0 Å². The maximum Gasteiger partial charge on any atom is 0.411 e. The largest absolute Gasteiger partial charge is 0.477 e. The highest BCUT2D eigenvalue weighted by Gasteiger charge is 2.29. The lowest BCUT2D eigenvalue weighted by Crippen LogP contribution is -2.19. The summed E-state index contributed by atoms with van der Waals surface area (Å²) < 4.78 is 5.51. The second kappa shape index (κ2) is 7.56. The number of hydrogen-bond donors (Lipinski definition) is 2. The Hall–Kier alpha value is -3.38. The molecule has 0 unspecified atom stereocenters. The van der Waals surface area contributed by atoms with Crippen molar-refractivity contribution in [2.75, 3.05) is 11.9 Å². The van der Waals surface area contributed by atoms with Crippen molar-refractivity contribution >= 4 is 34.7 Å². The van der Waals surface area contributed by atoms with E-state index in [0.717, 1.165) is 33.6 Å². The Morgan fingerprint density at radius 2 is 1.69 bits per heavy atom. The van der Waals surface area contributed by atoms with Crippen LogP contribution in [0.15, 0.2) is 60.5 Å². The number of ether oxygens (including phenoxy) is 1. The summed E-state index contributed by atoms with van der Waals surface area (Å²) in [6.45, 7) is 5.77. The van der Waals surface area contributed by atoms with Gasteiger partial charge < -0.3 is 9.84 Å². The van der Waals surface area contributed by atoms with Crippen molar-refractivity contribution < 1.29 is 19.4 Å². The maximum absolute atomic E-state index is 12.5. The van der Waals surface area contributed by atoms with Gasteiger partial charge in [-0.1, -0.05) is 55.1 Å². The molecular weight excluding hydrogens is 386 g/mol. The molecule has 2 N–H and O–H groups in total. The van der Waals surface area contributed by atoms with E-state index < -0.39 is 12.1 Å². The normalized spacial score (nSPS) is 12.2. The average Bonchev–Trinajstić information content (AvgIpc) is 3.26. The number of carbonyl (C=O) groups excluding carboxylic acids is 1. The van der Waals surface area contributed by atoms with Crippen molar-refractivity contribution in [1.29, 1.82) is 0 Å². The number of amides is 1. The standard InChI is InChI=1S/C23H19NO4S/c1-13(2)19-12-29-21(22(25)26)20(19)24-23(27)28-11-18-16-9-5-3-7-14(16)15-8-4-6-10-17(15)18/h3-10,12,18H,1,11H2,2H3,(H,24,27)(H,25,26). The van der Waals surface area contributed by atoms with Crippen molar-refractivity contribution in [2.45, 2.75) is 12.8 Å². The number of rotatable bonds is 5. The van der Waals surface area contributed by atoms with Crippen molar-refractivity contribution in [3.63, 3.8) is 0 Å². The number of carboxylic acids is 1. The van der Waals surface area contributed by atoms with Crippen LogP contribution in [0.4, 0.5) is 10.5 Å². The van der Waals surface area contributed by atoms with E-state index in [0.29, 0.717) is 11.1 Å². The van der Waals surface area contributed by atoms with Crippen LogP contribution in [0.25, 0.3) is 16.7 Å². The highest BCUT2D eigenvalue weighted by molar-refractivity contribution is 7.13. The monoisotopic (exact) mass is 405 g/mol. The first-order chi connectivity index (χ1) is 14.0. The van der Waals surface area contributed by atoms with Gasteiger partial charge in [-0.15, -0.1) is 11.3 Å². The third-order valence-corrected chi connectivity index (χ3v) is 5.98. The van der Waals surface area contributed by atoms with Crippen molar-refractivity contribution in [3.8, 4) is 11.1 Å².